The van der Waals surface area contributed by atoms with Gasteiger partial charge in [0.1, 0.15) is 24.0 Å². The Bertz CT molecular complexity index is 1530. The van der Waals surface area contributed by atoms with Gasteiger partial charge in [0, 0.05) is 6.04 Å². The van der Waals surface area contributed by atoms with Crippen molar-refractivity contribution in [2.75, 3.05) is 17.7 Å². The van der Waals surface area contributed by atoms with Crippen molar-refractivity contribution >= 4 is 48.2 Å². The third-order valence-corrected chi connectivity index (χ3v) is 9.09. The molecule has 1 saturated heterocycles. The number of ether oxygens (including phenoxy) is 2. The molecule has 240 valence electrons. The van der Waals surface area contributed by atoms with Gasteiger partial charge in [-0.25, -0.2) is 18.3 Å². The molecule has 1 unspecified atom stereocenters. The summed E-state index contributed by atoms with van der Waals surface area (Å²) in [6.07, 6.45) is -6.03. The van der Waals surface area contributed by atoms with Gasteiger partial charge in [-0.2, -0.15) is 15.1 Å². The molecule has 1 aromatic carbocycles. The van der Waals surface area contributed by atoms with Crippen LogP contribution in [0, 0.1) is 0 Å². The molecule has 0 spiro atoms. The Morgan fingerprint density at radius 2 is 1.98 bits per heavy atom. The molecule has 5 N–H and O–H groups in total. The predicted molar refractivity (Wildman–Crippen MR) is 155 cm³/mol. The summed E-state index contributed by atoms with van der Waals surface area (Å²) in [6, 6.07) is 6.94. The number of aliphatic hydroxyl groups is 1. The minimum Gasteiger partial charge on any atom is -0.462 e. The van der Waals surface area contributed by atoms with E-state index in [1.807, 2.05) is 0 Å². The van der Waals surface area contributed by atoms with Crippen molar-refractivity contribution in [3.63, 3.8) is 0 Å². The van der Waals surface area contributed by atoms with Gasteiger partial charge < -0.3 is 30.2 Å². The van der Waals surface area contributed by atoms with Crippen LogP contribution in [0.1, 0.15) is 39.8 Å². The fourth-order valence-corrected chi connectivity index (χ4v) is 6.35. The number of carbonyl (C=O) groups excluding carboxylic acids is 1. The molecule has 2 aliphatic rings. The lowest BCUT2D eigenvalue weighted by Crippen LogP contribution is -2.48. The number of para-hydroxylation sites is 1. The van der Waals surface area contributed by atoms with Crippen LogP contribution in [0.15, 0.2) is 36.7 Å². The number of imidazole rings is 1. The van der Waals surface area contributed by atoms with Crippen molar-refractivity contribution in [2.24, 2.45) is 0 Å². The third-order valence-electron chi connectivity index (χ3n) is 6.87. The zero-order chi connectivity index (χ0) is 31.8. The Hall–Kier alpha value is -3.14. The van der Waals surface area contributed by atoms with Crippen molar-refractivity contribution < 1.29 is 41.8 Å². The van der Waals surface area contributed by atoms with Crippen LogP contribution >= 0.6 is 19.3 Å². The van der Waals surface area contributed by atoms with Gasteiger partial charge in [-0.3, -0.25) is 13.9 Å². The molecule has 14 nitrogen and oxygen atoms in total. The number of halogens is 3. The summed E-state index contributed by atoms with van der Waals surface area (Å²) in [5.41, 5.74) is 6.18. The van der Waals surface area contributed by atoms with Crippen molar-refractivity contribution in [1.29, 1.82) is 0 Å². The lowest BCUT2D eigenvalue weighted by Gasteiger charge is -2.29. The average molecular weight is 660 g/mol. The van der Waals surface area contributed by atoms with Gasteiger partial charge in [0.05, 0.1) is 19.0 Å². The van der Waals surface area contributed by atoms with E-state index in [9.17, 15) is 23.2 Å². The molecule has 6 atom stereocenters. The molecule has 2 fully saturated rings. The first-order chi connectivity index (χ1) is 20.8. The highest BCUT2D eigenvalue weighted by Crippen LogP contribution is 2.51. The molecule has 3 heterocycles. The lowest BCUT2D eigenvalue weighted by molar-refractivity contribution is -0.149. The largest absolute Gasteiger partial charge is 0.462 e. The minimum atomic E-state index is -4.42. The van der Waals surface area contributed by atoms with Crippen LogP contribution < -0.4 is 20.7 Å². The van der Waals surface area contributed by atoms with Gasteiger partial charge in [0.25, 0.3) is 6.43 Å². The highest BCUT2D eigenvalue weighted by atomic mass is 35.5. The number of hydrogen-bond donors (Lipinski definition) is 4. The van der Waals surface area contributed by atoms with E-state index in [1.165, 1.54) is 25.4 Å². The van der Waals surface area contributed by atoms with Crippen molar-refractivity contribution in [3.05, 3.63) is 36.7 Å². The molecular formula is C26H33ClF2N7O7P. The summed E-state index contributed by atoms with van der Waals surface area (Å²) >= 11 is 6.44. The topological polar surface area (TPSA) is 185 Å². The van der Waals surface area contributed by atoms with E-state index in [1.54, 1.807) is 32.0 Å². The lowest BCUT2D eigenvalue weighted by atomic mass is 9.99. The maximum atomic E-state index is 14.6. The monoisotopic (exact) mass is 659 g/mol. The van der Waals surface area contributed by atoms with Gasteiger partial charge >= 0.3 is 13.7 Å². The first-order valence-corrected chi connectivity index (χ1v) is 15.8. The molecule has 0 bridgehead atoms. The number of nitrogen functional groups attached to an aromatic ring is 1. The van der Waals surface area contributed by atoms with Crippen LogP contribution in [-0.4, -0.2) is 78.9 Å². The third kappa shape index (κ3) is 6.75. The number of aromatic nitrogens is 4. The summed E-state index contributed by atoms with van der Waals surface area (Å²) in [5.74, 6) is -0.442. The molecule has 0 amide bonds. The minimum absolute atomic E-state index is 0.0438. The molecule has 18 heteroatoms. The maximum absolute atomic E-state index is 14.6. The predicted octanol–water partition coefficient (Wildman–Crippen LogP) is 3.62. The van der Waals surface area contributed by atoms with Gasteiger partial charge in [-0.05, 0) is 45.7 Å². The SMILES string of the molecule is CC(C)OC(=O)C(C)N[P@](=O)(OC[C@H]1O[C@@H](n2cnc3c(NC4CC4)nc(N)nc32)[C@@](Cl)(C(F)F)[C@@H]1O)Oc1ccccc1. The van der Waals surface area contributed by atoms with E-state index in [2.05, 4.69) is 25.4 Å². The summed E-state index contributed by atoms with van der Waals surface area (Å²) < 4.78 is 66.3. The fraction of sp³-hybridized carbons (Fsp3) is 0.538. The Morgan fingerprint density at radius 3 is 2.61 bits per heavy atom. The summed E-state index contributed by atoms with van der Waals surface area (Å²) in [4.78, 5) is 22.3. The molecule has 3 aromatic rings. The Balaban J connectivity index is 1.41. The molecule has 1 saturated carbocycles. The molecule has 44 heavy (non-hydrogen) atoms. The number of alkyl halides is 3. The molecule has 5 rings (SSSR count). The fourth-order valence-electron chi connectivity index (χ4n) is 4.55. The normalized spacial score (nSPS) is 25.7. The van der Waals surface area contributed by atoms with E-state index in [0.29, 0.717) is 5.82 Å². The zero-order valence-electron chi connectivity index (χ0n) is 24.0. The number of nitrogens with two attached hydrogens (primary N) is 1. The van der Waals surface area contributed by atoms with Crippen LogP contribution in [0.3, 0.4) is 0 Å². The number of nitrogens with one attached hydrogen (secondary N) is 2. The van der Waals surface area contributed by atoms with Crippen molar-refractivity contribution in [2.45, 2.75) is 81.5 Å². The van der Waals surface area contributed by atoms with Crippen molar-refractivity contribution in [3.8, 4) is 5.75 Å². The highest BCUT2D eigenvalue weighted by molar-refractivity contribution is 7.52. The smallest absolute Gasteiger partial charge is 0.459 e. The Kier molecular flexibility index (Phi) is 9.31. The zero-order valence-corrected chi connectivity index (χ0v) is 25.6. The second-order valence-corrected chi connectivity index (χ2v) is 13.2. The van der Waals surface area contributed by atoms with E-state index in [4.69, 9.17) is 35.9 Å². The summed E-state index contributed by atoms with van der Waals surface area (Å²) in [7, 11) is -4.42. The second-order valence-electron chi connectivity index (χ2n) is 10.8. The number of hydrogen-bond acceptors (Lipinski definition) is 12. The van der Waals surface area contributed by atoms with E-state index in [-0.39, 0.29) is 28.9 Å². The summed E-state index contributed by atoms with van der Waals surface area (Å²) in [6.45, 7) is 3.94. The average Bonchev–Trinajstić information content (AvgIpc) is 3.61. The standard InChI is InChI=1S/C26H33ClF2N7O7P/c1-13(2)41-22(38)14(3)35-44(39,43-16-7-5-4-6-8-16)40-11-17-19(37)26(27,23(28)29)24(42-17)36-12-31-18-20(32-15-9-10-15)33-25(30)34-21(18)36/h4-8,12-15,17,19,23-24,37H,9-11H2,1-3H3,(H,35,39)(H3,30,32,33,34)/t14?,17-,19-,24-,26+,44+/m1/s1. The second kappa shape index (κ2) is 12.7. The Morgan fingerprint density at radius 1 is 1.27 bits per heavy atom. The van der Waals surface area contributed by atoms with Crippen molar-refractivity contribution in [1.82, 2.24) is 24.6 Å². The Labute approximate surface area is 256 Å². The number of anilines is 2. The van der Waals surface area contributed by atoms with E-state index >= 15 is 0 Å². The summed E-state index contributed by atoms with van der Waals surface area (Å²) in [5, 5.41) is 16.7. The quantitative estimate of drug-likeness (QED) is 0.119. The van der Waals surface area contributed by atoms with Gasteiger partial charge in [-0.15, -0.1) is 11.6 Å². The van der Waals surface area contributed by atoms with Crippen LogP contribution in [0.5, 0.6) is 5.75 Å². The number of fused-ring (bicyclic) bond motifs is 1. The number of carbonyl (C=O) groups is 1. The first-order valence-electron chi connectivity index (χ1n) is 13.9. The molecule has 0 radical (unpaired) electrons. The molecule has 2 aromatic heterocycles. The highest BCUT2D eigenvalue weighted by Gasteiger charge is 2.62. The van der Waals surface area contributed by atoms with Gasteiger partial charge in [0.15, 0.2) is 28.1 Å². The van der Waals surface area contributed by atoms with E-state index < -0.39 is 62.2 Å². The van der Waals surface area contributed by atoms with Crippen LogP contribution in [0.2, 0.25) is 0 Å². The number of aliphatic hydroxyl groups excluding tert-OH is 1. The van der Waals surface area contributed by atoms with Crippen LogP contribution in [-0.2, 0) is 23.4 Å². The van der Waals surface area contributed by atoms with Gasteiger partial charge in [-0.1, -0.05) is 18.2 Å². The molecular weight excluding hydrogens is 627 g/mol. The first kappa shape index (κ1) is 32.3. The van der Waals surface area contributed by atoms with Crippen LogP contribution in [0.4, 0.5) is 20.5 Å². The number of benzene rings is 1. The number of esters is 1. The van der Waals surface area contributed by atoms with Crippen LogP contribution in [0.25, 0.3) is 11.2 Å². The maximum Gasteiger partial charge on any atom is 0.459 e. The molecule has 1 aliphatic carbocycles. The number of rotatable bonds is 13. The number of nitrogens with zero attached hydrogens (tertiary/aromatic N) is 4. The molecule has 1 aliphatic heterocycles. The van der Waals surface area contributed by atoms with E-state index in [0.717, 1.165) is 17.4 Å². The van der Waals surface area contributed by atoms with Gasteiger partial charge in [0.2, 0.25) is 5.95 Å².